The quantitative estimate of drug-likeness (QED) is 0.192. The minimum Gasteiger partial charge on any atom is -0.497 e. The zero-order chi connectivity index (χ0) is 29.2. The molecule has 0 atom stereocenters. The smallest absolute Gasteiger partial charge is 0.302 e. The molecule has 2 aromatic carbocycles. The van der Waals surface area contributed by atoms with E-state index in [1.165, 1.54) is 66.0 Å². The van der Waals surface area contributed by atoms with Gasteiger partial charge in [-0.3, -0.25) is 9.59 Å². The van der Waals surface area contributed by atoms with Crippen LogP contribution in [-0.2, 0) is 19.1 Å². The molecule has 0 unspecified atom stereocenters. The second-order valence-corrected chi connectivity index (χ2v) is 9.33. The highest BCUT2D eigenvalue weighted by atomic mass is 16.6. The van der Waals surface area contributed by atoms with Crippen molar-refractivity contribution >= 4 is 23.6 Å². The predicted octanol–water partition coefficient (Wildman–Crippen LogP) is 7.75. The highest BCUT2D eigenvalue weighted by molar-refractivity contribution is 5.70. The van der Waals surface area contributed by atoms with Crippen molar-refractivity contribution in [1.29, 1.82) is 0 Å². The van der Waals surface area contributed by atoms with E-state index in [-0.39, 0.29) is 19.2 Å². The van der Waals surface area contributed by atoms with Crippen LogP contribution < -0.4 is 9.47 Å². The van der Waals surface area contributed by atoms with Crippen molar-refractivity contribution in [3.05, 3.63) is 95.6 Å². The summed E-state index contributed by atoms with van der Waals surface area (Å²) in [6.07, 6.45) is 13.9. The third-order valence-electron chi connectivity index (χ3n) is 6.46. The minimum atomic E-state index is -0.371. The van der Waals surface area contributed by atoms with Crippen molar-refractivity contribution in [1.82, 2.24) is 0 Å². The topological polar surface area (TPSA) is 71.1 Å². The fraction of sp³-hybridized carbons (Fsp3) is 0.353. The van der Waals surface area contributed by atoms with Gasteiger partial charge in [-0.1, -0.05) is 60.2 Å². The van der Waals surface area contributed by atoms with Crippen LogP contribution in [0.3, 0.4) is 0 Å². The van der Waals surface area contributed by atoms with Crippen LogP contribution in [0.2, 0.25) is 0 Å². The van der Waals surface area contributed by atoms with Crippen LogP contribution in [-0.4, -0.2) is 39.9 Å². The first-order chi connectivity index (χ1) is 19.4. The number of carbonyl (C=O) groups is 2. The third kappa shape index (κ3) is 11.8. The molecular weight excluding hydrogens is 504 g/mol. The number of hydrogen-bond donors (Lipinski definition) is 0. The Morgan fingerprint density at radius 2 is 1.32 bits per heavy atom. The maximum Gasteiger partial charge on any atom is 0.302 e. The van der Waals surface area contributed by atoms with Gasteiger partial charge in [0.25, 0.3) is 6.47 Å². The van der Waals surface area contributed by atoms with Crippen molar-refractivity contribution in [2.45, 2.75) is 52.4 Å². The van der Waals surface area contributed by atoms with Crippen molar-refractivity contribution in [3.8, 4) is 11.5 Å². The molecule has 2 aliphatic rings. The standard InChI is InChI=1S/C15H18O.C14H16O.C5H8O4/c1-3-12-5-4-6-14(11-12)13-7-9-15(16-2)10-8-13;1-11-4-3-5-13(10-11)12-6-8-14(15-2)9-7-12;1-5(7)9-3-2-8-4-6/h3,7-11H,4-6H2,1-2H3;6-10H,1,3-5H2,2H3;4H,2-3H2,1H3/b12-3+;;. The second-order valence-electron chi connectivity index (χ2n) is 9.33. The number of rotatable bonds is 8. The minimum absolute atomic E-state index is 0.128. The number of benzene rings is 2. The summed E-state index contributed by atoms with van der Waals surface area (Å²) in [6.45, 7) is 8.00. The Kier molecular flexibility index (Phi) is 14.7. The van der Waals surface area contributed by atoms with E-state index in [1.807, 2.05) is 24.3 Å². The Morgan fingerprint density at radius 3 is 1.77 bits per heavy atom. The second kappa shape index (κ2) is 18.3. The molecule has 40 heavy (non-hydrogen) atoms. The molecule has 2 aliphatic carbocycles. The van der Waals surface area contributed by atoms with Crippen LogP contribution in [0.15, 0.2) is 84.5 Å². The molecule has 0 amide bonds. The summed E-state index contributed by atoms with van der Waals surface area (Å²) < 4.78 is 19.0. The molecule has 6 heteroatoms. The zero-order valence-electron chi connectivity index (χ0n) is 24.2. The monoisotopic (exact) mass is 546 g/mol. The van der Waals surface area contributed by atoms with Gasteiger partial charge in [-0.15, -0.1) is 0 Å². The molecule has 4 rings (SSSR count). The third-order valence-corrected chi connectivity index (χ3v) is 6.46. The first kappa shape index (κ1) is 32.2. The lowest BCUT2D eigenvalue weighted by Crippen LogP contribution is -2.06. The highest BCUT2D eigenvalue weighted by Crippen LogP contribution is 2.31. The maximum absolute atomic E-state index is 10.0. The molecule has 0 aliphatic heterocycles. The molecule has 0 bridgehead atoms. The number of allylic oxidation sites excluding steroid dienone is 7. The van der Waals surface area contributed by atoms with Crippen molar-refractivity contribution in [2.24, 2.45) is 0 Å². The zero-order valence-corrected chi connectivity index (χ0v) is 24.2. The van der Waals surface area contributed by atoms with Gasteiger partial charge < -0.3 is 18.9 Å². The lowest BCUT2D eigenvalue weighted by atomic mass is 9.91. The molecule has 0 N–H and O–H groups in total. The van der Waals surface area contributed by atoms with Crippen LogP contribution in [0.1, 0.15) is 63.5 Å². The lowest BCUT2D eigenvalue weighted by molar-refractivity contribution is -0.145. The van der Waals surface area contributed by atoms with E-state index < -0.39 is 0 Å². The van der Waals surface area contributed by atoms with Gasteiger partial charge in [0.05, 0.1) is 14.2 Å². The Bertz CT molecular complexity index is 1170. The average molecular weight is 547 g/mol. The van der Waals surface area contributed by atoms with E-state index in [2.05, 4.69) is 65.5 Å². The maximum atomic E-state index is 10.0. The van der Waals surface area contributed by atoms with Gasteiger partial charge in [-0.2, -0.15) is 0 Å². The molecule has 0 saturated heterocycles. The van der Waals surface area contributed by atoms with E-state index in [0.717, 1.165) is 24.3 Å². The van der Waals surface area contributed by atoms with E-state index in [1.54, 1.807) is 14.2 Å². The molecule has 214 valence electrons. The Hall–Kier alpha value is -4.06. The van der Waals surface area contributed by atoms with E-state index >= 15 is 0 Å². The predicted molar refractivity (Wildman–Crippen MR) is 161 cm³/mol. The Balaban J connectivity index is 0.000000220. The van der Waals surface area contributed by atoms with Gasteiger partial charge in [0.15, 0.2) is 0 Å². The normalized spacial score (nSPS) is 15.2. The first-order valence-electron chi connectivity index (χ1n) is 13.6. The van der Waals surface area contributed by atoms with E-state index in [0.29, 0.717) is 6.47 Å². The van der Waals surface area contributed by atoms with Gasteiger partial charge >= 0.3 is 5.97 Å². The average Bonchev–Trinajstić information content (AvgIpc) is 3.00. The van der Waals surface area contributed by atoms with Crippen molar-refractivity contribution in [3.63, 3.8) is 0 Å². The van der Waals surface area contributed by atoms with Crippen LogP contribution in [0.5, 0.6) is 11.5 Å². The summed E-state index contributed by atoms with van der Waals surface area (Å²) in [4.78, 5) is 19.5. The summed E-state index contributed by atoms with van der Waals surface area (Å²) in [5, 5.41) is 0. The molecule has 0 spiro atoms. The molecule has 0 fully saturated rings. The van der Waals surface area contributed by atoms with Crippen molar-refractivity contribution < 1.29 is 28.5 Å². The molecule has 0 saturated carbocycles. The number of ether oxygens (including phenoxy) is 4. The van der Waals surface area contributed by atoms with Crippen LogP contribution >= 0.6 is 0 Å². The summed E-state index contributed by atoms with van der Waals surface area (Å²) >= 11 is 0. The number of carbonyl (C=O) groups excluding carboxylic acids is 2. The Labute approximate surface area is 239 Å². The summed E-state index contributed by atoms with van der Waals surface area (Å²) in [5.74, 6) is 1.46. The van der Waals surface area contributed by atoms with E-state index in [9.17, 15) is 9.59 Å². The number of methoxy groups -OCH3 is 2. The van der Waals surface area contributed by atoms with Crippen LogP contribution in [0.25, 0.3) is 11.1 Å². The fourth-order valence-corrected chi connectivity index (χ4v) is 4.32. The lowest BCUT2D eigenvalue weighted by Gasteiger charge is -2.15. The molecule has 6 nitrogen and oxygen atoms in total. The number of hydrogen-bond acceptors (Lipinski definition) is 6. The van der Waals surface area contributed by atoms with Gasteiger partial charge in [0, 0.05) is 6.92 Å². The highest BCUT2D eigenvalue weighted by Gasteiger charge is 2.09. The van der Waals surface area contributed by atoms with Crippen LogP contribution in [0, 0.1) is 0 Å². The van der Waals surface area contributed by atoms with E-state index in [4.69, 9.17) is 9.47 Å². The fourth-order valence-electron chi connectivity index (χ4n) is 4.32. The number of esters is 1. The van der Waals surface area contributed by atoms with Gasteiger partial charge in [0.1, 0.15) is 24.7 Å². The SMILES string of the molecule is C/C=C1/C=C(c2ccc(OC)cc2)CCC1.C=C1C=C(c2ccc(OC)cc2)CCC1.CC(=O)OCCOC=O. The first-order valence-corrected chi connectivity index (χ1v) is 13.6. The molecule has 2 aromatic rings. The van der Waals surface area contributed by atoms with Gasteiger partial charge in [0.2, 0.25) is 0 Å². The molecule has 0 radical (unpaired) electrons. The van der Waals surface area contributed by atoms with Crippen molar-refractivity contribution in [2.75, 3.05) is 27.4 Å². The van der Waals surface area contributed by atoms with Gasteiger partial charge in [-0.25, -0.2) is 0 Å². The van der Waals surface area contributed by atoms with Gasteiger partial charge in [-0.05, 0) is 92.0 Å². The summed E-state index contributed by atoms with van der Waals surface area (Å²) in [6, 6.07) is 16.6. The largest absolute Gasteiger partial charge is 0.497 e. The van der Waals surface area contributed by atoms with Crippen LogP contribution in [0.4, 0.5) is 0 Å². The summed E-state index contributed by atoms with van der Waals surface area (Å²) in [7, 11) is 3.39. The Morgan fingerprint density at radius 1 is 0.800 bits per heavy atom. The summed E-state index contributed by atoms with van der Waals surface area (Å²) in [5.41, 5.74) is 8.15. The molecular formula is C34H42O6. The molecule has 0 aromatic heterocycles. The molecule has 0 heterocycles.